The minimum absolute atomic E-state index is 0.0993. The summed E-state index contributed by atoms with van der Waals surface area (Å²) < 4.78 is 27.1. The molecular weight excluding hydrogens is 298 g/mol. The van der Waals surface area contributed by atoms with E-state index >= 15 is 0 Å². The smallest absolute Gasteiger partial charge is 0.323 e. The van der Waals surface area contributed by atoms with Gasteiger partial charge in [0.1, 0.15) is 18.0 Å². The Kier molecular flexibility index (Phi) is 4.39. The van der Waals surface area contributed by atoms with Crippen molar-refractivity contribution in [3.05, 3.63) is 0 Å². The molecule has 0 aromatic carbocycles. The lowest BCUT2D eigenvalue weighted by Crippen LogP contribution is -2.52. The Morgan fingerprint density at radius 2 is 2.05 bits per heavy atom. The van der Waals surface area contributed by atoms with Gasteiger partial charge in [-0.05, 0) is 32.1 Å². The van der Waals surface area contributed by atoms with E-state index in [2.05, 4.69) is 5.32 Å². The van der Waals surface area contributed by atoms with Crippen molar-refractivity contribution in [1.82, 2.24) is 10.2 Å². The molecule has 0 radical (unpaired) electrons. The average Bonchev–Trinajstić information content (AvgIpc) is 3.19. The van der Waals surface area contributed by atoms with Crippen molar-refractivity contribution >= 4 is 17.8 Å². The Balaban J connectivity index is 2.06. The third-order valence-corrected chi connectivity index (χ3v) is 4.44. The fraction of sp³-hybridized carbons (Fsp3) is 0.786. The van der Waals surface area contributed by atoms with E-state index in [1.807, 2.05) is 0 Å². The van der Waals surface area contributed by atoms with Gasteiger partial charge in [-0.3, -0.25) is 14.4 Å². The summed E-state index contributed by atoms with van der Waals surface area (Å²) in [6, 6.07) is -0.922. The number of carboxylic acid groups (broad SMARTS) is 1. The highest BCUT2D eigenvalue weighted by Gasteiger charge is 2.64. The Labute approximate surface area is 126 Å². The van der Waals surface area contributed by atoms with Gasteiger partial charge >= 0.3 is 5.97 Å². The maximum Gasteiger partial charge on any atom is 0.323 e. The molecule has 1 aliphatic heterocycles. The van der Waals surface area contributed by atoms with Crippen LogP contribution < -0.4 is 5.32 Å². The highest BCUT2D eigenvalue weighted by Crippen LogP contribution is 2.56. The van der Waals surface area contributed by atoms with E-state index in [0.29, 0.717) is 32.7 Å². The first-order chi connectivity index (χ1) is 10.2. The minimum Gasteiger partial charge on any atom is -0.480 e. The van der Waals surface area contributed by atoms with Crippen LogP contribution in [0.1, 0.15) is 39.0 Å². The van der Waals surface area contributed by atoms with E-state index in [0.717, 1.165) is 4.90 Å². The average molecular weight is 318 g/mol. The molecule has 1 unspecified atom stereocenters. The first-order valence-corrected chi connectivity index (χ1v) is 7.37. The van der Waals surface area contributed by atoms with Crippen LogP contribution in [0.15, 0.2) is 0 Å². The molecule has 0 aromatic heterocycles. The molecular formula is C14H20F2N2O4. The Bertz CT molecular complexity index is 486. The molecule has 124 valence electrons. The second kappa shape index (κ2) is 5.81. The van der Waals surface area contributed by atoms with Crippen LogP contribution in [0, 0.1) is 5.41 Å². The molecule has 1 saturated carbocycles. The van der Waals surface area contributed by atoms with E-state index in [1.165, 1.54) is 0 Å². The van der Waals surface area contributed by atoms with Crippen LogP contribution in [0.4, 0.5) is 8.78 Å². The fourth-order valence-electron chi connectivity index (χ4n) is 2.85. The van der Waals surface area contributed by atoms with Crippen molar-refractivity contribution in [3.63, 3.8) is 0 Å². The van der Waals surface area contributed by atoms with Gasteiger partial charge in [0.2, 0.25) is 11.8 Å². The number of nitrogens with one attached hydrogen (secondary N) is 1. The lowest BCUT2D eigenvalue weighted by atomic mass is 9.97. The number of nitrogens with zero attached hydrogens (tertiary/aromatic N) is 1. The van der Waals surface area contributed by atoms with Crippen LogP contribution in [0.3, 0.4) is 0 Å². The predicted octanol–water partition coefficient (Wildman–Crippen LogP) is 1.00. The molecule has 1 aliphatic carbocycles. The first-order valence-electron chi connectivity index (χ1n) is 7.37. The number of hydrogen-bond donors (Lipinski definition) is 2. The normalized spacial score (nSPS) is 24.6. The van der Waals surface area contributed by atoms with E-state index < -0.39 is 41.7 Å². The number of alkyl halides is 2. The summed E-state index contributed by atoms with van der Waals surface area (Å²) in [6.07, 6.45) is 1.79. The Morgan fingerprint density at radius 3 is 2.55 bits per heavy atom. The van der Waals surface area contributed by atoms with Gasteiger partial charge in [0.25, 0.3) is 5.92 Å². The maximum absolute atomic E-state index is 13.6. The molecule has 0 spiro atoms. The number of likely N-dealkylation sites (tertiary alicyclic amines) is 1. The maximum atomic E-state index is 13.6. The summed E-state index contributed by atoms with van der Waals surface area (Å²) in [5, 5.41) is 11.2. The predicted molar refractivity (Wildman–Crippen MR) is 72.3 cm³/mol. The summed E-state index contributed by atoms with van der Waals surface area (Å²) in [7, 11) is 0. The summed E-state index contributed by atoms with van der Waals surface area (Å²) in [5.41, 5.74) is -1.71. The first kappa shape index (κ1) is 16.6. The number of hydrogen-bond acceptors (Lipinski definition) is 3. The molecule has 2 aliphatic rings. The fourth-order valence-corrected chi connectivity index (χ4v) is 2.85. The molecule has 2 rings (SSSR count). The van der Waals surface area contributed by atoms with Crippen LogP contribution in [0.5, 0.6) is 0 Å². The number of carbonyl (C=O) groups is 3. The molecule has 1 heterocycles. The molecule has 1 saturated heterocycles. The SMILES string of the molecule is CC(F)(F)C1(C(=O)NC2CCCCN(CC(=O)O)C2=O)CC1. The van der Waals surface area contributed by atoms with E-state index in [9.17, 15) is 23.2 Å². The molecule has 2 amide bonds. The summed E-state index contributed by atoms with van der Waals surface area (Å²) in [4.78, 5) is 36.4. The van der Waals surface area contributed by atoms with Gasteiger partial charge < -0.3 is 15.3 Å². The van der Waals surface area contributed by atoms with Crippen molar-refractivity contribution in [3.8, 4) is 0 Å². The number of aliphatic carboxylic acids is 1. The molecule has 2 N–H and O–H groups in total. The minimum atomic E-state index is -3.13. The Morgan fingerprint density at radius 1 is 1.41 bits per heavy atom. The zero-order chi connectivity index (χ0) is 16.5. The van der Waals surface area contributed by atoms with Gasteiger partial charge in [-0.15, -0.1) is 0 Å². The summed E-state index contributed by atoms with van der Waals surface area (Å²) in [6.45, 7) is 0.568. The molecule has 1 atom stereocenters. The van der Waals surface area contributed by atoms with Gasteiger partial charge in [-0.1, -0.05) is 0 Å². The van der Waals surface area contributed by atoms with Gasteiger partial charge in [0.05, 0.1) is 0 Å². The molecule has 0 aromatic rings. The van der Waals surface area contributed by atoms with Crippen LogP contribution in [0.2, 0.25) is 0 Å². The van der Waals surface area contributed by atoms with Crippen molar-refractivity contribution < 1.29 is 28.3 Å². The zero-order valence-electron chi connectivity index (χ0n) is 12.4. The number of carboxylic acids is 1. The van der Waals surface area contributed by atoms with Crippen LogP contribution in [-0.4, -0.2) is 52.8 Å². The van der Waals surface area contributed by atoms with E-state index in [-0.39, 0.29) is 12.8 Å². The second-order valence-electron chi connectivity index (χ2n) is 6.15. The van der Waals surface area contributed by atoms with Gasteiger partial charge in [0.15, 0.2) is 0 Å². The standard InChI is InChI=1S/C14H20F2N2O4/c1-13(15,16)14(5-6-14)12(22)17-9-4-2-3-7-18(11(9)21)8-10(19)20/h9H,2-8H2,1H3,(H,17,22)(H,19,20). The van der Waals surface area contributed by atoms with Gasteiger partial charge in [-0.25, -0.2) is 8.78 Å². The monoisotopic (exact) mass is 318 g/mol. The van der Waals surface area contributed by atoms with E-state index in [1.54, 1.807) is 0 Å². The Hall–Kier alpha value is -1.73. The molecule has 6 nitrogen and oxygen atoms in total. The number of amides is 2. The molecule has 22 heavy (non-hydrogen) atoms. The van der Waals surface area contributed by atoms with Crippen LogP contribution in [-0.2, 0) is 14.4 Å². The summed E-state index contributed by atoms with van der Waals surface area (Å²) >= 11 is 0. The second-order valence-corrected chi connectivity index (χ2v) is 6.15. The molecule has 8 heteroatoms. The van der Waals surface area contributed by atoms with Crippen LogP contribution in [0.25, 0.3) is 0 Å². The topological polar surface area (TPSA) is 86.7 Å². The lowest BCUT2D eigenvalue weighted by Gasteiger charge is -2.27. The lowest BCUT2D eigenvalue weighted by molar-refractivity contribution is -0.148. The number of carbonyl (C=O) groups excluding carboxylic acids is 2. The number of rotatable bonds is 5. The van der Waals surface area contributed by atoms with Crippen molar-refractivity contribution in [1.29, 1.82) is 0 Å². The van der Waals surface area contributed by atoms with Gasteiger partial charge in [0, 0.05) is 13.5 Å². The van der Waals surface area contributed by atoms with Crippen molar-refractivity contribution in [2.24, 2.45) is 5.41 Å². The highest BCUT2D eigenvalue weighted by molar-refractivity contribution is 5.93. The van der Waals surface area contributed by atoms with Crippen LogP contribution >= 0.6 is 0 Å². The quantitative estimate of drug-likeness (QED) is 0.792. The third kappa shape index (κ3) is 3.20. The summed E-state index contributed by atoms with van der Waals surface area (Å²) in [5.74, 6) is -5.59. The largest absolute Gasteiger partial charge is 0.480 e. The highest BCUT2D eigenvalue weighted by atomic mass is 19.3. The molecule has 0 bridgehead atoms. The zero-order valence-corrected chi connectivity index (χ0v) is 12.4. The van der Waals surface area contributed by atoms with Crippen molar-refractivity contribution in [2.45, 2.75) is 51.0 Å². The number of halogens is 2. The van der Waals surface area contributed by atoms with E-state index in [4.69, 9.17) is 5.11 Å². The van der Waals surface area contributed by atoms with Gasteiger partial charge in [-0.2, -0.15) is 0 Å². The third-order valence-electron chi connectivity index (χ3n) is 4.44. The van der Waals surface area contributed by atoms with Crippen molar-refractivity contribution in [2.75, 3.05) is 13.1 Å². The molecule has 2 fully saturated rings.